The van der Waals surface area contributed by atoms with Gasteiger partial charge in [-0.1, -0.05) is 37.6 Å². The maximum absolute atomic E-state index is 12.4. The highest BCUT2D eigenvalue weighted by Crippen LogP contribution is 2.22. The fourth-order valence-electron chi connectivity index (χ4n) is 1.77. The first-order chi connectivity index (χ1) is 10.0. The Hall–Kier alpha value is -1.60. The fraction of sp³-hybridized carbons (Fsp3) is 0.429. The molecule has 2 N–H and O–H groups in total. The molecule has 0 aliphatic carbocycles. The monoisotopic (exact) mass is 346 g/mol. The Balaban J connectivity index is 3.14. The number of carbonyl (C=O) groups excluding carboxylic acids is 2. The van der Waals surface area contributed by atoms with Crippen LogP contribution in [0.2, 0.25) is 5.02 Å². The summed E-state index contributed by atoms with van der Waals surface area (Å²) in [6.45, 7) is 6.14. The van der Waals surface area contributed by atoms with Crippen molar-refractivity contribution in [2.24, 2.45) is 5.92 Å². The molecule has 0 heterocycles. The lowest BCUT2D eigenvalue weighted by atomic mass is 9.87. The number of benzene rings is 1. The van der Waals surface area contributed by atoms with Gasteiger partial charge in [0, 0.05) is 6.92 Å². The van der Waals surface area contributed by atoms with E-state index in [-0.39, 0.29) is 15.8 Å². The molecule has 0 aliphatic rings. The number of carbonyl (C=O) groups is 2. The van der Waals surface area contributed by atoms with Crippen molar-refractivity contribution in [1.82, 2.24) is 10.0 Å². The predicted molar refractivity (Wildman–Crippen MR) is 83.8 cm³/mol. The third-order valence-electron chi connectivity index (χ3n) is 3.42. The highest BCUT2D eigenvalue weighted by Gasteiger charge is 2.39. The quantitative estimate of drug-likeness (QED) is 0.848. The van der Waals surface area contributed by atoms with E-state index < -0.39 is 27.4 Å². The number of halogens is 1. The summed E-state index contributed by atoms with van der Waals surface area (Å²) in [5, 5.41) is 2.50. The molecule has 0 fully saturated rings. The van der Waals surface area contributed by atoms with E-state index in [0.29, 0.717) is 0 Å². The number of hydrogen-bond acceptors (Lipinski definition) is 4. The lowest BCUT2D eigenvalue weighted by Crippen LogP contribution is -2.60. The minimum atomic E-state index is -4.13. The summed E-state index contributed by atoms with van der Waals surface area (Å²) >= 11 is 5.85. The van der Waals surface area contributed by atoms with Crippen molar-refractivity contribution in [1.29, 1.82) is 0 Å². The summed E-state index contributed by atoms with van der Waals surface area (Å²) < 4.78 is 26.6. The summed E-state index contributed by atoms with van der Waals surface area (Å²) in [6.07, 6.45) is 0. The normalized spacial score (nSPS) is 14.3. The summed E-state index contributed by atoms with van der Waals surface area (Å²) in [6, 6.07) is 5.79. The Bertz CT molecular complexity index is 688. The second kappa shape index (κ2) is 6.66. The molecule has 0 aliphatic heterocycles. The van der Waals surface area contributed by atoms with Crippen LogP contribution in [0.25, 0.3) is 0 Å². The van der Waals surface area contributed by atoms with Crippen LogP contribution in [0.15, 0.2) is 29.2 Å². The number of hydrogen-bond donors (Lipinski definition) is 2. The molecule has 0 saturated carbocycles. The van der Waals surface area contributed by atoms with Crippen LogP contribution >= 0.6 is 11.6 Å². The zero-order valence-electron chi connectivity index (χ0n) is 12.8. The second-order valence-corrected chi connectivity index (χ2v) is 7.46. The van der Waals surface area contributed by atoms with E-state index in [1.807, 2.05) is 4.72 Å². The van der Waals surface area contributed by atoms with Crippen molar-refractivity contribution in [3.8, 4) is 0 Å². The van der Waals surface area contributed by atoms with Crippen LogP contribution in [0.1, 0.15) is 27.7 Å². The van der Waals surface area contributed by atoms with E-state index in [1.54, 1.807) is 19.9 Å². The van der Waals surface area contributed by atoms with E-state index in [9.17, 15) is 18.0 Å². The SMILES string of the molecule is CC(=O)NC(C)(C(=O)NS(=O)(=O)c1ccccc1Cl)C(C)C. The Labute approximate surface area is 135 Å². The van der Waals surface area contributed by atoms with Crippen molar-refractivity contribution in [2.75, 3.05) is 0 Å². The van der Waals surface area contributed by atoms with Gasteiger partial charge in [0.1, 0.15) is 10.4 Å². The van der Waals surface area contributed by atoms with Crippen LogP contribution in [0.3, 0.4) is 0 Å². The van der Waals surface area contributed by atoms with Gasteiger partial charge >= 0.3 is 0 Å². The molecular weight excluding hydrogens is 328 g/mol. The molecule has 1 atom stereocenters. The number of amides is 2. The van der Waals surface area contributed by atoms with E-state index in [1.165, 1.54) is 32.0 Å². The first kappa shape index (κ1) is 18.4. The van der Waals surface area contributed by atoms with Gasteiger partial charge in [-0.15, -0.1) is 0 Å². The Morgan fingerprint density at radius 1 is 1.23 bits per heavy atom. The molecule has 1 aromatic carbocycles. The summed E-state index contributed by atoms with van der Waals surface area (Å²) in [5.74, 6) is -1.57. The minimum absolute atomic E-state index is 0.00794. The van der Waals surface area contributed by atoms with Crippen molar-refractivity contribution in [3.05, 3.63) is 29.3 Å². The lowest BCUT2D eigenvalue weighted by Gasteiger charge is -2.32. The zero-order valence-corrected chi connectivity index (χ0v) is 14.4. The van der Waals surface area contributed by atoms with Gasteiger partial charge in [0.15, 0.2) is 0 Å². The van der Waals surface area contributed by atoms with E-state index in [0.717, 1.165) is 0 Å². The summed E-state index contributed by atoms with van der Waals surface area (Å²) in [4.78, 5) is 23.5. The Morgan fingerprint density at radius 2 is 1.77 bits per heavy atom. The smallest absolute Gasteiger partial charge is 0.265 e. The van der Waals surface area contributed by atoms with Crippen LogP contribution < -0.4 is 10.0 Å². The number of nitrogens with one attached hydrogen (secondary N) is 2. The summed E-state index contributed by atoms with van der Waals surface area (Å²) in [5.41, 5.74) is -1.36. The fourth-order valence-corrected chi connectivity index (χ4v) is 3.36. The number of rotatable bonds is 5. The van der Waals surface area contributed by atoms with Gasteiger partial charge in [-0.3, -0.25) is 9.59 Å². The molecule has 1 rings (SSSR count). The van der Waals surface area contributed by atoms with Gasteiger partial charge in [0.05, 0.1) is 5.02 Å². The molecular formula is C14H19ClN2O4S. The Kier molecular flexibility index (Phi) is 5.59. The lowest BCUT2D eigenvalue weighted by molar-refractivity contribution is -0.132. The molecule has 6 nitrogen and oxygen atoms in total. The van der Waals surface area contributed by atoms with Crippen molar-refractivity contribution < 1.29 is 18.0 Å². The maximum Gasteiger partial charge on any atom is 0.265 e. The van der Waals surface area contributed by atoms with Gasteiger partial charge in [0.25, 0.3) is 15.9 Å². The zero-order chi connectivity index (χ0) is 17.1. The third kappa shape index (κ3) is 3.98. The number of sulfonamides is 1. The van der Waals surface area contributed by atoms with Gasteiger partial charge in [-0.2, -0.15) is 0 Å². The standard InChI is InChI=1S/C14H19ClN2O4S/c1-9(2)14(4,16-10(3)18)13(19)17-22(20,21)12-8-6-5-7-11(12)15/h5-9H,1-4H3,(H,16,18)(H,17,19). The van der Waals surface area contributed by atoms with Crippen LogP contribution in [0.5, 0.6) is 0 Å². The van der Waals surface area contributed by atoms with Crippen LogP contribution in [-0.2, 0) is 19.6 Å². The average Bonchev–Trinajstić information content (AvgIpc) is 2.37. The van der Waals surface area contributed by atoms with Crippen molar-refractivity contribution in [2.45, 2.75) is 38.1 Å². The minimum Gasteiger partial charge on any atom is -0.342 e. The largest absolute Gasteiger partial charge is 0.342 e. The molecule has 0 spiro atoms. The Morgan fingerprint density at radius 3 is 2.23 bits per heavy atom. The van der Waals surface area contributed by atoms with E-state index in [2.05, 4.69) is 5.32 Å². The maximum atomic E-state index is 12.4. The van der Waals surface area contributed by atoms with Gasteiger partial charge in [-0.25, -0.2) is 13.1 Å². The molecule has 0 saturated heterocycles. The molecule has 1 unspecified atom stereocenters. The van der Waals surface area contributed by atoms with Crippen molar-refractivity contribution >= 4 is 33.4 Å². The van der Waals surface area contributed by atoms with Gasteiger partial charge in [0.2, 0.25) is 5.91 Å². The van der Waals surface area contributed by atoms with Gasteiger partial charge in [-0.05, 0) is 25.0 Å². The molecule has 0 aromatic heterocycles. The van der Waals surface area contributed by atoms with Crippen LogP contribution in [0, 0.1) is 5.92 Å². The summed E-state index contributed by atoms with van der Waals surface area (Å²) in [7, 11) is -4.13. The molecule has 8 heteroatoms. The molecule has 22 heavy (non-hydrogen) atoms. The highest BCUT2D eigenvalue weighted by atomic mass is 35.5. The molecule has 0 bridgehead atoms. The molecule has 0 radical (unpaired) electrons. The molecule has 1 aromatic rings. The third-order valence-corrected chi connectivity index (χ3v) is 5.25. The first-order valence-electron chi connectivity index (χ1n) is 6.61. The van der Waals surface area contributed by atoms with Crippen LogP contribution in [0.4, 0.5) is 0 Å². The second-order valence-electron chi connectivity index (χ2n) is 5.40. The van der Waals surface area contributed by atoms with E-state index >= 15 is 0 Å². The average molecular weight is 347 g/mol. The molecule has 2 amide bonds. The highest BCUT2D eigenvalue weighted by molar-refractivity contribution is 7.90. The van der Waals surface area contributed by atoms with Crippen molar-refractivity contribution in [3.63, 3.8) is 0 Å². The van der Waals surface area contributed by atoms with Gasteiger partial charge < -0.3 is 5.32 Å². The van der Waals surface area contributed by atoms with E-state index in [4.69, 9.17) is 11.6 Å². The predicted octanol–water partition coefficient (Wildman–Crippen LogP) is 1.70. The topological polar surface area (TPSA) is 92.3 Å². The first-order valence-corrected chi connectivity index (χ1v) is 8.47. The van der Waals surface area contributed by atoms with Crippen LogP contribution in [-0.4, -0.2) is 25.8 Å². The molecule has 122 valence electrons.